The maximum Gasteiger partial charge on any atom is 0.273 e. The number of hydrogen-bond donors (Lipinski definition) is 0. The second-order valence-corrected chi connectivity index (χ2v) is 7.27. The van der Waals surface area contributed by atoms with Gasteiger partial charge in [0.2, 0.25) is 5.91 Å². The third-order valence-electron chi connectivity index (χ3n) is 4.67. The van der Waals surface area contributed by atoms with E-state index in [0.29, 0.717) is 37.8 Å². The SMILES string of the molecule is Cc1nc(C(=O)N2CCN(C(=O)C3CCCCC3)CC2)cs1. The van der Waals surface area contributed by atoms with Crippen LogP contribution in [0.1, 0.15) is 47.6 Å². The lowest BCUT2D eigenvalue weighted by Crippen LogP contribution is -2.52. The van der Waals surface area contributed by atoms with Crippen molar-refractivity contribution in [1.82, 2.24) is 14.8 Å². The van der Waals surface area contributed by atoms with Gasteiger partial charge < -0.3 is 9.80 Å². The lowest BCUT2D eigenvalue weighted by molar-refractivity contribution is -0.138. The van der Waals surface area contributed by atoms with Gasteiger partial charge in [0.1, 0.15) is 5.69 Å². The van der Waals surface area contributed by atoms with E-state index in [2.05, 4.69) is 4.98 Å². The standard InChI is InChI=1S/C16H23N3O2S/c1-12-17-14(11-22-12)16(21)19-9-7-18(8-10-19)15(20)13-5-3-2-4-6-13/h11,13H,2-10H2,1H3. The largest absolute Gasteiger partial charge is 0.339 e. The van der Waals surface area contributed by atoms with Gasteiger partial charge in [0.25, 0.3) is 5.91 Å². The topological polar surface area (TPSA) is 53.5 Å². The van der Waals surface area contributed by atoms with Crippen molar-refractivity contribution in [3.63, 3.8) is 0 Å². The maximum atomic E-state index is 12.5. The summed E-state index contributed by atoms with van der Waals surface area (Å²) in [5.41, 5.74) is 0.537. The van der Waals surface area contributed by atoms with Crippen molar-refractivity contribution in [3.05, 3.63) is 16.1 Å². The number of rotatable bonds is 2. The quantitative estimate of drug-likeness (QED) is 0.840. The Morgan fingerprint density at radius 2 is 1.73 bits per heavy atom. The third-order valence-corrected chi connectivity index (χ3v) is 5.44. The molecule has 2 fully saturated rings. The van der Waals surface area contributed by atoms with Crippen LogP contribution in [0.5, 0.6) is 0 Å². The summed E-state index contributed by atoms with van der Waals surface area (Å²) in [6.07, 6.45) is 5.70. The van der Waals surface area contributed by atoms with Gasteiger partial charge in [-0.15, -0.1) is 11.3 Å². The first-order chi connectivity index (χ1) is 10.6. The monoisotopic (exact) mass is 321 g/mol. The Hall–Kier alpha value is -1.43. The molecule has 6 heteroatoms. The van der Waals surface area contributed by atoms with Crippen molar-refractivity contribution in [2.24, 2.45) is 5.92 Å². The Morgan fingerprint density at radius 3 is 2.32 bits per heavy atom. The molecule has 0 N–H and O–H groups in total. The van der Waals surface area contributed by atoms with Crippen LogP contribution < -0.4 is 0 Å². The highest BCUT2D eigenvalue weighted by molar-refractivity contribution is 7.09. The molecule has 1 aliphatic heterocycles. The number of nitrogens with zero attached hydrogens (tertiary/aromatic N) is 3. The molecule has 2 heterocycles. The first-order valence-corrected chi connectivity index (χ1v) is 9.03. The van der Waals surface area contributed by atoms with Gasteiger partial charge in [0, 0.05) is 37.5 Å². The van der Waals surface area contributed by atoms with Gasteiger partial charge in [-0.3, -0.25) is 9.59 Å². The first-order valence-electron chi connectivity index (χ1n) is 8.15. The normalized spacial score (nSPS) is 20.2. The van der Waals surface area contributed by atoms with Crippen molar-refractivity contribution in [2.45, 2.75) is 39.0 Å². The number of thiazole rings is 1. The Balaban J connectivity index is 1.53. The predicted octanol–water partition coefficient (Wildman–Crippen LogP) is 2.32. The molecule has 0 atom stereocenters. The molecule has 0 aromatic carbocycles. The zero-order valence-electron chi connectivity index (χ0n) is 13.1. The highest BCUT2D eigenvalue weighted by Crippen LogP contribution is 2.26. The van der Waals surface area contributed by atoms with Gasteiger partial charge in [0.15, 0.2) is 0 Å². The number of carbonyl (C=O) groups excluding carboxylic acids is 2. The number of aromatic nitrogens is 1. The Bertz CT molecular complexity index is 543. The van der Waals surface area contributed by atoms with E-state index < -0.39 is 0 Å². The second-order valence-electron chi connectivity index (χ2n) is 6.20. The Kier molecular flexibility index (Phi) is 4.76. The second kappa shape index (κ2) is 6.77. The van der Waals surface area contributed by atoms with Crippen LogP contribution in [-0.2, 0) is 4.79 Å². The lowest BCUT2D eigenvalue weighted by Gasteiger charge is -2.36. The molecule has 3 rings (SSSR count). The van der Waals surface area contributed by atoms with Crippen LogP contribution in [0.2, 0.25) is 0 Å². The molecule has 0 spiro atoms. The number of carbonyl (C=O) groups is 2. The highest BCUT2D eigenvalue weighted by atomic mass is 32.1. The summed E-state index contributed by atoms with van der Waals surface area (Å²) < 4.78 is 0. The number of aryl methyl sites for hydroxylation is 1. The zero-order valence-corrected chi connectivity index (χ0v) is 13.9. The Morgan fingerprint density at radius 1 is 1.09 bits per heavy atom. The van der Waals surface area contributed by atoms with Gasteiger partial charge in [-0.1, -0.05) is 19.3 Å². The molecule has 1 aromatic heterocycles. The van der Waals surface area contributed by atoms with Crippen molar-refractivity contribution in [3.8, 4) is 0 Å². The molecule has 1 aliphatic carbocycles. The van der Waals surface area contributed by atoms with Crippen molar-refractivity contribution in [2.75, 3.05) is 26.2 Å². The summed E-state index contributed by atoms with van der Waals surface area (Å²) in [6, 6.07) is 0. The van der Waals surface area contributed by atoms with E-state index in [1.807, 2.05) is 22.1 Å². The molecule has 2 aliphatic rings. The average molecular weight is 321 g/mol. The fourth-order valence-electron chi connectivity index (χ4n) is 3.36. The van der Waals surface area contributed by atoms with Gasteiger partial charge in [-0.05, 0) is 19.8 Å². The summed E-state index contributed by atoms with van der Waals surface area (Å²) in [7, 11) is 0. The first kappa shape index (κ1) is 15.5. The van der Waals surface area contributed by atoms with Crippen LogP contribution in [-0.4, -0.2) is 52.8 Å². The van der Waals surface area contributed by atoms with Crippen LogP contribution in [0.15, 0.2) is 5.38 Å². The van der Waals surface area contributed by atoms with Crippen molar-refractivity contribution in [1.29, 1.82) is 0 Å². The fourth-order valence-corrected chi connectivity index (χ4v) is 3.95. The van der Waals surface area contributed by atoms with E-state index >= 15 is 0 Å². The molecule has 0 radical (unpaired) electrons. The molecule has 120 valence electrons. The Labute approximate surface area is 135 Å². The van der Waals surface area contributed by atoms with E-state index in [0.717, 1.165) is 17.8 Å². The van der Waals surface area contributed by atoms with Crippen LogP contribution >= 0.6 is 11.3 Å². The minimum atomic E-state index is -0.00545. The van der Waals surface area contributed by atoms with Crippen LogP contribution in [0, 0.1) is 12.8 Å². The molecular weight excluding hydrogens is 298 g/mol. The van der Waals surface area contributed by atoms with Crippen molar-refractivity contribution >= 4 is 23.2 Å². The van der Waals surface area contributed by atoms with E-state index in [1.165, 1.54) is 30.6 Å². The van der Waals surface area contributed by atoms with Gasteiger partial charge in [-0.25, -0.2) is 4.98 Å². The molecule has 1 saturated carbocycles. The van der Waals surface area contributed by atoms with Crippen LogP contribution in [0.25, 0.3) is 0 Å². The molecule has 2 amide bonds. The molecule has 1 saturated heterocycles. The summed E-state index contributed by atoms with van der Waals surface area (Å²) in [5, 5.41) is 2.73. The zero-order chi connectivity index (χ0) is 15.5. The van der Waals surface area contributed by atoms with Gasteiger partial charge >= 0.3 is 0 Å². The van der Waals surface area contributed by atoms with Crippen LogP contribution in [0.4, 0.5) is 0 Å². The number of hydrogen-bond acceptors (Lipinski definition) is 4. The number of piperazine rings is 1. The van der Waals surface area contributed by atoms with Gasteiger partial charge in [0.05, 0.1) is 5.01 Å². The molecular formula is C16H23N3O2S. The maximum absolute atomic E-state index is 12.5. The molecule has 0 bridgehead atoms. The smallest absolute Gasteiger partial charge is 0.273 e. The third kappa shape index (κ3) is 3.32. The average Bonchev–Trinajstić information content (AvgIpc) is 3.01. The van der Waals surface area contributed by atoms with E-state index in [4.69, 9.17) is 0 Å². The van der Waals surface area contributed by atoms with Gasteiger partial charge in [-0.2, -0.15) is 0 Å². The van der Waals surface area contributed by atoms with E-state index in [9.17, 15) is 9.59 Å². The highest BCUT2D eigenvalue weighted by Gasteiger charge is 2.30. The molecule has 1 aromatic rings. The summed E-state index contributed by atoms with van der Waals surface area (Å²) >= 11 is 1.50. The number of amides is 2. The molecule has 0 unspecified atom stereocenters. The lowest BCUT2D eigenvalue weighted by atomic mass is 9.88. The van der Waals surface area contributed by atoms with E-state index in [1.54, 1.807) is 0 Å². The fraction of sp³-hybridized carbons (Fsp3) is 0.688. The minimum Gasteiger partial charge on any atom is -0.339 e. The summed E-state index contributed by atoms with van der Waals surface area (Å²) in [4.78, 5) is 32.9. The summed E-state index contributed by atoms with van der Waals surface area (Å²) in [5.74, 6) is 0.516. The molecule has 5 nitrogen and oxygen atoms in total. The predicted molar refractivity (Wildman–Crippen MR) is 85.9 cm³/mol. The van der Waals surface area contributed by atoms with Crippen LogP contribution in [0.3, 0.4) is 0 Å². The minimum absolute atomic E-state index is 0.00545. The summed E-state index contributed by atoms with van der Waals surface area (Å²) in [6.45, 7) is 4.46. The van der Waals surface area contributed by atoms with E-state index in [-0.39, 0.29) is 11.8 Å². The van der Waals surface area contributed by atoms with Crippen molar-refractivity contribution < 1.29 is 9.59 Å². The molecule has 22 heavy (non-hydrogen) atoms.